The molecule has 0 aromatic heterocycles. The lowest BCUT2D eigenvalue weighted by Crippen LogP contribution is -2.27. The van der Waals surface area contributed by atoms with Crippen LogP contribution in [0.2, 0.25) is 0 Å². The zero-order valence-corrected chi connectivity index (χ0v) is 21.3. The average Bonchev–Trinajstić information content (AvgIpc) is 3.06. The summed E-state index contributed by atoms with van der Waals surface area (Å²) < 4.78 is 22.2. The van der Waals surface area contributed by atoms with Gasteiger partial charge >= 0.3 is 5.97 Å². The Labute approximate surface area is 209 Å². The number of esters is 1. The highest BCUT2D eigenvalue weighted by Gasteiger charge is 2.33. The molecule has 10 heteroatoms. The van der Waals surface area contributed by atoms with E-state index in [9.17, 15) is 9.59 Å². The second-order valence-electron chi connectivity index (χ2n) is 6.34. The van der Waals surface area contributed by atoms with E-state index in [0.717, 1.165) is 14.9 Å². The molecule has 0 N–H and O–H groups in total. The molecule has 168 valence electrons. The summed E-state index contributed by atoms with van der Waals surface area (Å²) in [5.41, 5.74) is 1.42. The molecule has 1 fully saturated rings. The molecule has 3 rings (SSSR count). The SMILES string of the molecule is CCOc1ccc(N2C(=O)/C(=C/c3cc(I)c(OCC(=O)OC)c(OC)c3)SC2=S)cc1. The molecule has 1 aliphatic rings. The quantitative estimate of drug-likeness (QED) is 0.192. The minimum atomic E-state index is -0.495. The van der Waals surface area contributed by atoms with Crippen LogP contribution in [0.4, 0.5) is 5.69 Å². The van der Waals surface area contributed by atoms with Crippen LogP contribution in [0.5, 0.6) is 17.2 Å². The summed E-state index contributed by atoms with van der Waals surface area (Å²) in [6.45, 7) is 2.25. The fraction of sp³-hybridized carbons (Fsp3) is 0.227. The van der Waals surface area contributed by atoms with Crippen LogP contribution >= 0.6 is 46.6 Å². The van der Waals surface area contributed by atoms with Crippen molar-refractivity contribution >= 4 is 74.5 Å². The molecule has 2 aromatic rings. The number of halogens is 1. The molecule has 0 saturated carbocycles. The molecule has 0 atom stereocenters. The van der Waals surface area contributed by atoms with Gasteiger partial charge in [0, 0.05) is 0 Å². The van der Waals surface area contributed by atoms with Gasteiger partial charge in [-0.15, -0.1) is 0 Å². The van der Waals surface area contributed by atoms with Crippen molar-refractivity contribution in [3.63, 3.8) is 0 Å². The lowest BCUT2D eigenvalue weighted by Gasteiger charge is -2.15. The topological polar surface area (TPSA) is 74.3 Å². The highest BCUT2D eigenvalue weighted by Crippen LogP contribution is 2.39. The molecule has 1 aliphatic heterocycles. The number of carbonyl (C=O) groups is 2. The minimum Gasteiger partial charge on any atom is -0.494 e. The van der Waals surface area contributed by atoms with Gasteiger partial charge in [0.2, 0.25) is 0 Å². The van der Waals surface area contributed by atoms with E-state index in [1.54, 1.807) is 36.4 Å². The smallest absolute Gasteiger partial charge is 0.343 e. The molecule has 2 aromatic carbocycles. The summed E-state index contributed by atoms with van der Waals surface area (Å²) in [6.07, 6.45) is 1.75. The number of thioether (sulfide) groups is 1. The average molecular weight is 585 g/mol. The number of anilines is 1. The fourth-order valence-corrected chi connectivity index (χ4v) is 4.93. The molecule has 1 saturated heterocycles. The number of nitrogens with zero attached hydrogens (tertiary/aromatic N) is 1. The Kier molecular flexibility index (Phi) is 8.38. The van der Waals surface area contributed by atoms with Gasteiger partial charge in [-0.3, -0.25) is 9.69 Å². The number of hydrogen-bond acceptors (Lipinski definition) is 8. The van der Waals surface area contributed by atoms with Crippen molar-refractivity contribution in [2.45, 2.75) is 6.92 Å². The maximum atomic E-state index is 13.1. The normalized spacial score (nSPS) is 14.6. The predicted molar refractivity (Wildman–Crippen MR) is 136 cm³/mol. The Hall–Kier alpha value is -2.31. The summed E-state index contributed by atoms with van der Waals surface area (Å²) in [7, 11) is 2.80. The van der Waals surface area contributed by atoms with E-state index in [4.69, 9.17) is 26.4 Å². The van der Waals surface area contributed by atoms with E-state index >= 15 is 0 Å². The third-order valence-corrected chi connectivity index (χ3v) is 6.41. The van der Waals surface area contributed by atoms with Gasteiger partial charge in [-0.2, -0.15) is 0 Å². The van der Waals surface area contributed by atoms with Crippen molar-refractivity contribution in [1.29, 1.82) is 0 Å². The molecule has 32 heavy (non-hydrogen) atoms. The number of methoxy groups -OCH3 is 2. The van der Waals surface area contributed by atoms with Crippen molar-refractivity contribution in [3.8, 4) is 17.2 Å². The fourth-order valence-electron chi connectivity index (χ4n) is 2.85. The van der Waals surface area contributed by atoms with Crippen LogP contribution in [-0.4, -0.2) is 43.6 Å². The van der Waals surface area contributed by atoms with E-state index in [-0.39, 0.29) is 12.5 Å². The van der Waals surface area contributed by atoms with Gasteiger partial charge in [-0.25, -0.2) is 4.79 Å². The first-order valence-electron chi connectivity index (χ1n) is 9.45. The molecule has 1 heterocycles. The summed E-state index contributed by atoms with van der Waals surface area (Å²) in [5.74, 6) is 0.897. The van der Waals surface area contributed by atoms with Gasteiger partial charge in [0.05, 0.1) is 35.0 Å². The van der Waals surface area contributed by atoms with Gasteiger partial charge in [-0.1, -0.05) is 24.0 Å². The number of thiocarbonyl (C=S) groups is 1. The molecule has 0 aliphatic carbocycles. The highest BCUT2D eigenvalue weighted by atomic mass is 127. The van der Waals surface area contributed by atoms with Crippen LogP contribution in [0.3, 0.4) is 0 Å². The number of ether oxygens (including phenoxy) is 4. The predicted octanol–water partition coefficient (Wildman–Crippen LogP) is 4.66. The first-order valence-corrected chi connectivity index (χ1v) is 11.8. The van der Waals surface area contributed by atoms with Gasteiger partial charge in [-0.05, 0) is 77.6 Å². The first kappa shape index (κ1) is 24.3. The zero-order valence-electron chi connectivity index (χ0n) is 17.5. The van der Waals surface area contributed by atoms with Gasteiger partial charge in [0.15, 0.2) is 22.4 Å². The van der Waals surface area contributed by atoms with Crippen molar-refractivity contribution < 1.29 is 28.5 Å². The van der Waals surface area contributed by atoms with Crippen LogP contribution in [0.15, 0.2) is 41.3 Å². The van der Waals surface area contributed by atoms with Crippen LogP contribution in [-0.2, 0) is 14.3 Å². The van der Waals surface area contributed by atoms with Gasteiger partial charge in [0.1, 0.15) is 5.75 Å². The van der Waals surface area contributed by atoms with E-state index in [0.29, 0.717) is 33.0 Å². The van der Waals surface area contributed by atoms with Crippen molar-refractivity contribution in [1.82, 2.24) is 0 Å². The molecule has 0 radical (unpaired) electrons. The lowest BCUT2D eigenvalue weighted by atomic mass is 10.1. The number of amides is 1. The minimum absolute atomic E-state index is 0.204. The largest absolute Gasteiger partial charge is 0.494 e. The highest BCUT2D eigenvalue weighted by molar-refractivity contribution is 14.1. The number of carbonyl (C=O) groups excluding carboxylic acids is 2. The summed E-state index contributed by atoms with van der Waals surface area (Å²) in [4.78, 5) is 26.4. The Bertz CT molecular complexity index is 1070. The van der Waals surface area contributed by atoms with Gasteiger partial charge in [0.25, 0.3) is 5.91 Å². The third-order valence-electron chi connectivity index (χ3n) is 4.31. The lowest BCUT2D eigenvalue weighted by molar-refractivity contribution is -0.142. The Morgan fingerprint density at radius 2 is 1.91 bits per heavy atom. The van der Waals surface area contributed by atoms with Crippen LogP contribution < -0.4 is 19.1 Å². The number of benzene rings is 2. The molecular formula is C22H20INO6S2. The van der Waals surface area contributed by atoms with Crippen LogP contribution in [0, 0.1) is 3.57 Å². The van der Waals surface area contributed by atoms with Crippen molar-refractivity contribution in [2.24, 2.45) is 0 Å². The summed E-state index contributed by atoms with van der Waals surface area (Å²) in [5, 5.41) is 0. The molecule has 0 bridgehead atoms. The molecule has 0 unspecified atom stereocenters. The standard InChI is InChI=1S/C22H20INO6S2/c1-4-29-15-7-5-14(6-8-15)24-21(26)18(32-22(24)31)11-13-9-16(23)20(17(10-13)27-2)30-12-19(25)28-3/h5-11H,4,12H2,1-3H3/b18-11-. The second-order valence-corrected chi connectivity index (χ2v) is 9.18. The number of hydrogen-bond donors (Lipinski definition) is 0. The Morgan fingerprint density at radius 1 is 1.19 bits per heavy atom. The van der Waals surface area contributed by atoms with E-state index in [2.05, 4.69) is 27.3 Å². The molecule has 1 amide bonds. The van der Waals surface area contributed by atoms with E-state index in [1.807, 2.05) is 13.0 Å². The Morgan fingerprint density at radius 3 is 2.53 bits per heavy atom. The maximum absolute atomic E-state index is 13.1. The van der Waals surface area contributed by atoms with E-state index < -0.39 is 5.97 Å². The molecule has 0 spiro atoms. The Balaban J connectivity index is 1.85. The van der Waals surface area contributed by atoms with E-state index in [1.165, 1.54) is 30.9 Å². The monoisotopic (exact) mass is 585 g/mol. The van der Waals surface area contributed by atoms with Crippen LogP contribution in [0.1, 0.15) is 12.5 Å². The summed E-state index contributed by atoms with van der Waals surface area (Å²) >= 11 is 8.76. The molecular weight excluding hydrogens is 565 g/mol. The molecule has 7 nitrogen and oxygen atoms in total. The van der Waals surface area contributed by atoms with Crippen molar-refractivity contribution in [3.05, 3.63) is 50.4 Å². The second kappa shape index (κ2) is 11.0. The first-order chi connectivity index (χ1) is 15.4. The van der Waals surface area contributed by atoms with Crippen molar-refractivity contribution in [2.75, 3.05) is 32.3 Å². The zero-order chi connectivity index (χ0) is 23.3. The van der Waals surface area contributed by atoms with Gasteiger partial charge < -0.3 is 18.9 Å². The maximum Gasteiger partial charge on any atom is 0.343 e. The van der Waals surface area contributed by atoms with Crippen LogP contribution in [0.25, 0.3) is 6.08 Å². The third kappa shape index (κ3) is 5.54. The summed E-state index contributed by atoms with van der Waals surface area (Å²) in [6, 6.07) is 10.8. The number of rotatable bonds is 8.